The Bertz CT molecular complexity index is 976. The van der Waals surface area contributed by atoms with E-state index in [1.54, 1.807) is 17.4 Å². The zero-order valence-corrected chi connectivity index (χ0v) is 16.1. The average molecular weight is 378 g/mol. The van der Waals surface area contributed by atoms with Gasteiger partial charge in [-0.05, 0) is 42.7 Å². The summed E-state index contributed by atoms with van der Waals surface area (Å²) in [6.45, 7) is 6.27. The smallest absolute Gasteiger partial charge is 0.220 e. The summed E-state index contributed by atoms with van der Waals surface area (Å²) in [6.07, 6.45) is 3.69. The van der Waals surface area contributed by atoms with Crippen LogP contribution in [0.3, 0.4) is 0 Å². The van der Waals surface area contributed by atoms with E-state index in [2.05, 4.69) is 37.0 Å². The van der Waals surface area contributed by atoms with Crippen LogP contribution in [0.15, 0.2) is 49.1 Å². The molecule has 27 heavy (non-hydrogen) atoms. The van der Waals surface area contributed by atoms with Gasteiger partial charge in [0.25, 0.3) is 0 Å². The number of carbonyl (C=O) groups excluding carboxylic acids is 1. The largest absolute Gasteiger partial charge is 0.487 e. The van der Waals surface area contributed by atoms with Crippen molar-refractivity contribution in [2.24, 2.45) is 0 Å². The molecule has 2 heterocycles. The number of nitrogens with one attached hydrogen (secondary N) is 1. The van der Waals surface area contributed by atoms with Crippen molar-refractivity contribution in [2.75, 3.05) is 6.54 Å². The maximum Gasteiger partial charge on any atom is 0.220 e. The van der Waals surface area contributed by atoms with E-state index in [4.69, 9.17) is 9.72 Å². The van der Waals surface area contributed by atoms with Gasteiger partial charge < -0.3 is 10.1 Å². The molecule has 0 aliphatic carbocycles. The second kappa shape index (κ2) is 7.53. The molecule has 2 aromatic carbocycles. The first-order valence-corrected chi connectivity index (χ1v) is 9.99. The minimum absolute atomic E-state index is 0.0389. The topological polar surface area (TPSA) is 51.2 Å². The molecule has 4 nitrogen and oxygen atoms in total. The maximum absolute atomic E-state index is 11.9. The minimum Gasteiger partial charge on any atom is -0.487 e. The van der Waals surface area contributed by atoms with Crippen molar-refractivity contribution < 1.29 is 9.53 Å². The normalized spacial score (nSPS) is 15.4. The number of amides is 1. The molecule has 0 saturated heterocycles. The van der Waals surface area contributed by atoms with Gasteiger partial charge in [-0.2, -0.15) is 0 Å². The Morgan fingerprint density at radius 2 is 2.26 bits per heavy atom. The van der Waals surface area contributed by atoms with E-state index in [-0.39, 0.29) is 12.0 Å². The predicted molar refractivity (Wildman–Crippen MR) is 110 cm³/mol. The van der Waals surface area contributed by atoms with Crippen molar-refractivity contribution >= 4 is 27.5 Å². The highest BCUT2D eigenvalue weighted by atomic mass is 32.1. The van der Waals surface area contributed by atoms with Gasteiger partial charge in [-0.25, -0.2) is 4.98 Å². The van der Waals surface area contributed by atoms with Gasteiger partial charge in [-0.1, -0.05) is 24.3 Å². The predicted octanol–water partition coefficient (Wildman–Crippen LogP) is 4.66. The number of rotatable bonds is 6. The van der Waals surface area contributed by atoms with Crippen LogP contribution < -0.4 is 10.1 Å². The number of hydrogen-bond acceptors (Lipinski definition) is 4. The number of para-hydroxylation sites is 1. The Morgan fingerprint density at radius 3 is 3.07 bits per heavy atom. The van der Waals surface area contributed by atoms with Gasteiger partial charge >= 0.3 is 0 Å². The molecule has 1 amide bonds. The van der Waals surface area contributed by atoms with Crippen molar-refractivity contribution in [2.45, 2.75) is 32.3 Å². The second-order valence-corrected chi connectivity index (χ2v) is 7.89. The fourth-order valence-electron chi connectivity index (χ4n) is 3.40. The van der Waals surface area contributed by atoms with E-state index in [0.717, 1.165) is 28.3 Å². The highest BCUT2D eigenvalue weighted by Crippen LogP contribution is 2.42. The molecule has 0 bridgehead atoms. The molecule has 138 valence electrons. The Hall–Kier alpha value is -2.66. The van der Waals surface area contributed by atoms with Gasteiger partial charge in [-0.3, -0.25) is 4.79 Å². The molecule has 1 aliphatic heterocycles. The standard InChI is InChI=1S/C22H22N2O2S/c1-3-4-9-20(25)23-13-16-12-15-10-14(2)11-17(21(15)26-16)22-24-18-7-5-6-8-19(18)27-22/h3,5-8,10-11,16H,1,4,9,12-13H2,2H3,(H,23,25)/t16-/m1/s1. The summed E-state index contributed by atoms with van der Waals surface area (Å²) in [6, 6.07) is 12.5. The first-order chi connectivity index (χ1) is 13.1. The molecule has 0 fully saturated rings. The van der Waals surface area contributed by atoms with Gasteiger partial charge in [-0.15, -0.1) is 17.9 Å². The summed E-state index contributed by atoms with van der Waals surface area (Å²) in [5.74, 6) is 0.946. The number of carbonyl (C=O) groups is 1. The van der Waals surface area contributed by atoms with Crippen molar-refractivity contribution in [3.8, 4) is 16.3 Å². The molecule has 0 radical (unpaired) electrons. The molecular formula is C22H22N2O2S. The van der Waals surface area contributed by atoms with Crippen LogP contribution in [-0.4, -0.2) is 23.5 Å². The third kappa shape index (κ3) is 3.74. The minimum atomic E-state index is -0.0393. The van der Waals surface area contributed by atoms with Crippen molar-refractivity contribution in [3.05, 3.63) is 60.2 Å². The molecule has 1 N–H and O–H groups in total. The first-order valence-electron chi connectivity index (χ1n) is 9.18. The fraction of sp³-hybridized carbons (Fsp3) is 0.273. The van der Waals surface area contributed by atoms with E-state index < -0.39 is 0 Å². The zero-order valence-electron chi connectivity index (χ0n) is 15.3. The summed E-state index contributed by atoms with van der Waals surface area (Å²) in [7, 11) is 0. The van der Waals surface area contributed by atoms with E-state index in [1.807, 2.05) is 18.2 Å². The van der Waals surface area contributed by atoms with Gasteiger partial charge in [0.05, 0.1) is 22.3 Å². The lowest BCUT2D eigenvalue weighted by atomic mass is 10.0. The van der Waals surface area contributed by atoms with E-state index in [0.29, 0.717) is 19.4 Å². The van der Waals surface area contributed by atoms with Crippen LogP contribution in [0.1, 0.15) is 24.0 Å². The summed E-state index contributed by atoms with van der Waals surface area (Å²) >= 11 is 1.68. The number of aryl methyl sites for hydroxylation is 1. The molecule has 0 spiro atoms. The van der Waals surface area contributed by atoms with Crippen LogP contribution in [-0.2, 0) is 11.2 Å². The van der Waals surface area contributed by atoms with Crippen LogP contribution >= 0.6 is 11.3 Å². The van der Waals surface area contributed by atoms with E-state index in [1.165, 1.54) is 15.8 Å². The molecular weight excluding hydrogens is 356 g/mol. The number of fused-ring (bicyclic) bond motifs is 2. The molecule has 5 heteroatoms. The molecule has 1 aliphatic rings. The Kier molecular flexibility index (Phi) is 4.94. The number of thiazole rings is 1. The number of aromatic nitrogens is 1. The number of benzene rings is 2. The molecule has 0 unspecified atom stereocenters. The quantitative estimate of drug-likeness (QED) is 0.635. The molecule has 3 aromatic rings. The molecule has 0 saturated carbocycles. The highest BCUT2D eigenvalue weighted by Gasteiger charge is 2.27. The van der Waals surface area contributed by atoms with Crippen molar-refractivity contribution in [3.63, 3.8) is 0 Å². The lowest BCUT2D eigenvalue weighted by Gasteiger charge is -2.13. The maximum atomic E-state index is 11.9. The summed E-state index contributed by atoms with van der Waals surface area (Å²) in [5, 5.41) is 3.94. The lowest BCUT2D eigenvalue weighted by molar-refractivity contribution is -0.121. The molecule has 1 atom stereocenters. The van der Waals surface area contributed by atoms with E-state index in [9.17, 15) is 4.79 Å². The first kappa shape index (κ1) is 17.7. The van der Waals surface area contributed by atoms with Gasteiger partial charge in [0.1, 0.15) is 16.9 Å². The van der Waals surface area contributed by atoms with Crippen LogP contribution in [0.5, 0.6) is 5.75 Å². The van der Waals surface area contributed by atoms with Crippen LogP contribution in [0.25, 0.3) is 20.8 Å². The van der Waals surface area contributed by atoms with Crippen molar-refractivity contribution in [1.82, 2.24) is 10.3 Å². The van der Waals surface area contributed by atoms with Crippen LogP contribution in [0, 0.1) is 6.92 Å². The summed E-state index contributed by atoms with van der Waals surface area (Å²) < 4.78 is 7.40. The number of ether oxygens (including phenoxy) is 1. The SMILES string of the molecule is C=CCCC(=O)NC[C@H]1Cc2cc(C)cc(-c3nc4ccccc4s3)c2O1. The number of nitrogens with zero attached hydrogens (tertiary/aromatic N) is 1. The third-order valence-corrected chi connectivity index (χ3v) is 5.74. The van der Waals surface area contributed by atoms with Gasteiger partial charge in [0.2, 0.25) is 5.91 Å². The van der Waals surface area contributed by atoms with Gasteiger partial charge in [0.15, 0.2) is 0 Å². The summed E-state index contributed by atoms with van der Waals surface area (Å²) in [5.41, 5.74) is 4.44. The molecule has 1 aromatic heterocycles. The fourth-order valence-corrected chi connectivity index (χ4v) is 4.38. The number of hydrogen-bond donors (Lipinski definition) is 1. The lowest BCUT2D eigenvalue weighted by Crippen LogP contribution is -2.34. The summed E-state index contributed by atoms with van der Waals surface area (Å²) in [4.78, 5) is 16.6. The van der Waals surface area contributed by atoms with Crippen molar-refractivity contribution in [1.29, 1.82) is 0 Å². The highest BCUT2D eigenvalue weighted by molar-refractivity contribution is 7.21. The Morgan fingerprint density at radius 1 is 1.41 bits per heavy atom. The van der Waals surface area contributed by atoms with Crippen LogP contribution in [0.2, 0.25) is 0 Å². The third-order valence-electron chi connectivity index (χ3n) is 4.67. The van der Waals surface area contributed by atoms with Crippen LogP contribution in [0.4, 0.5) is 0 Å². The Balaban J connectivity index is 1.56. The Labute approximate surface area is 162 Å². The molecule has 4 rings (SSSR count). The van der Waals surface area contributed by atoms with E-state index >= 15 is 0 Å². The van der Waals surface area contributed by atoms with Gasteiger partial charge in [0, 0.05) is 12.8 Å². The monoisotopic (exact) mass is 378 g/mol. The number of allylic oxidation sites excluding steroid dienone is 1. The zero-order chi connectivity index (χ0) is 18.8. The second-order valence-electron chi connectivity index (χ2n) is 6.86. The average Bonchev–Trinajstić information content (AvgIpc) is 3.27.